The number of rotatable bonds is 5. The Kier molecular flexibility index (Phi) is 5.11. The van der Waals surface area contributed by atoms with Gasteiger partial charge in [0.25, 0.3) is 0 Å². The molecule has 0 spiro atoms. The number of hydrogen-bond acceptors (Lipinski definition) is 2. The summed E-state index contributed by atoms with van der Waals surface area (Å²) in [6, 6.07) is 0. The summed E-state index contributed by atoms with van der Waals surface area (Å²) in [7, 11) is 0. The van der Waals surface area contributed by atoms with Gasteiger partial charge in [-0.3, -0.25) is 0 Å². The minimum Gasteiger partial charge on any atom is -0.374 e. The zero-order valence-electron chi connectivity index (χ0n) is 10.7. The maximum absolute atomic E-state index is 5.79. The molecule has 0 bridgehead atoms. The highest BCUT2D eigenvalue weighted by atomic mass is 16.5. The van der Waals surface area contributed by atoms with Crippen LogP contribution in [0.15, 0.2) is 0 Å². The number of ether oxygens (including phenoxy) is 1. The van der Waals surface area contributed by atoms with Crippen molar-refractivity contribution in [2.24, 2.45) is 5.92 Å². The van der Waals surface area contributed by atoms with Gasteiger partial charge in [0.1, 0.15) is 0 Å². The van der Waals surface area contributed by atoms with Gasteiger partial charge in [-0.2, -0.15) is 0 Å². The molecule has 2 unspecified atom stereocenters. The Labute approximate surface area is 100 Å². The number of nitrogens with one attached hydrogen (secondary N) is 1. The monoisotopic (exact) mass is 225 g/mol. The van der Waals surface area contributed by atoms with E-state index in [9.17, 15) is 0 Å². The first-order valence-corrected chi connectivity index (χ1v) is 7.21. The second kappa shape index (κ2) is 6.61. The van der Waals surface area contributed by atoms with Crippen LogP contribution in [-0.2, 0) is 4.74 Å². The van der Waals surface area contributed by atoms with Crippen LogP contribution < -0.4 is 5.32 Å². The van der Waals surface area contributed by atoms with E-state index >= 15 is 0 Å². The van der Waals surface area contributed by atoms with Crippen LogP contribution >= 0.6 is 0 Å². The molecule has 0 radical (unpaired) electrons. The normalized spacial score (nSPS) is 32.1. The zero-order chi connectivity index (χ0) is 11.2. The van der Waals surface area contributed by atoms with E-state index in [4.69, 9.17) is 4.74 Å². The Hall–Kier alpha value is -0.0800. The molecule has 0 amide bonds. The molecule has 2 heteroatoms. The predicted octanol–water partition coefficient (Wildman–Crippen LogP) is 3.11. The highest BCUT2D eigenvalue weighted by Crippen LogP contribution is 2.25. The van der Waals surface area contributed by atoms with E-state index < -0.39 is 0 Å². The molecular formula is C14H27NO. The standard InChI is InChI=1S/C14H27NO/c1-12-7-8-14(16-12)11-15-10-9-13-5-3-2-4-6-13/h12-15H,2-11H2,1H3. The van der Waals surface area contributed by atoms with Crippen LogP contribution in [0.2, 0.25) is 0 Å². The summed E-state index contributed by atoms with van der Waals surface area (Å²) in [6.45, 7) is 4.44. The van der Waals surface area contributed by atoms with Crippen molar-refractivity contribution in [2.75, 3.05) is 13.1 Å². The van der Waals surface area contributed by atoms with E-state index in [0.717, 1.165) is 12.5 Å². The molecule has 1 heterocycles. The van der Waals surface area contributed by atoms with Crippen LogP contribution in [0, 0.1) is 5.92 Å². The van der Waals surface area contributed by atoms with Gasteiger partial charge in [-0.1, -0.05) is 32.1 Å². The Morgan fingerprint density at radius 3 is 2.56 bits per heavy atom. The molecule has 2 rings (SSSR count). The summed E-state index contributed by atoms with van der Waals surface area (Å²) in [4.78, 5) is 0. The third-order valence-electron chi connectivity index (χ3n) is 4.15. The molecule has 2 fully saturated rings. The first kappa shape index (κ1) is 12.4. The third-order valence-corrected chi connectivity index (χ3v) is 4.15. The molecule has 16 heavy (non-hydrogen) atoms. The summed E-state index contributed by atoms with van der Waals surface area (Å²) in [6.07, 6.45) is 12.2. The van der Waals surface area contributed by atoms with Gasteiger partial charge in [-0.05, 0) is 38.6 Å². The van der Waals surface area contributed by atoms with E-state index in [1.54, 1.807) is 0 Å². The molecule has 2 nitrogen and oxygen atoms in total. The average Bonchev–Trinajstić information content (AvgIpc) is 2.72. The fraction of sp³-hybridized carbons (Fsp3) is 1.00. The van der Waals surface area contributed by atoms with Crippen LogP contribution in [0.5, 0.6) is 0 Å². The minimum atomic E-state index is 0.487. The maximum atomic E-state index is 5.79. The van der Waals surface area contributed by atoms with Crippen LogP contribution in [0.25, 0.3) is 0 Å². The van der Waals surface area contributed by atoms with Gasteiger partial charge in [-0.25, -0.2) is 0 Å². The third kappa shape index (κ3) is 4.06. The molecule has 2 atom stereocenters. The first-order valence-electron chi connectivity index (χ1n) is 7.21. The maximum Gasteiger partial charge on any atom is 0.0704 e. The van der Waals surface area contributed by atoms with E-state index in [-0.39, 0.29) is 0 Å². The second-order valence-electron chi connectivity index (χ2n) is 5.64. The molecule has 1 saturated carbocycles. The Morgan fingerprint density at radius 2 is 1.88 bits per heavy atom. The largest absolute Gasteiger partial charge is 0.374 e. The first-order chi connectivity index (χ1) is 7.84. The van der Waals surface area contributed by atoms with Crippen molar-refractivity contribution in [2.45, 2.75) is 70.5 Å². The lowest BCUT2D eigenvalue weighted by Crippen LogP contribution is -2.28. The topological polar surface area (TPSA) is 21.3 Å². The van der Waals surface area contributed by atoms with Crippen LogP contribution in [-0.4, -0.2) is 25.3 Å². The summed E-state index contributed by atoms with van der Waals surface area (Å²) >= 11 is 0. The number of hydrogen-bond donors (Lipinski definition) is 1. The Morgan fingerprint density at radius 1 is 1.06 bits per heavy atom. The van der Waals surface area contributed by atoms with E-state index in [0.29, 0.717) is 12.2 Å². The van der Waals surface area contributed by atoms with Crippen LogP contribution in [0.4, 0.5) is 0 Å². The van der Waals surface area contributed by atoms with Gasteiger partial charge in [0.2, 0.25) is 0 Å². The van der Waals surface area contributed by atoms with Crippen molar-refractivity contribution < 1.29 is 4.74 Å². The van der Waals surface area contributed by atoms with Gasteiger partial charge in [0, 0.05) is 6.54 Å². The van der Waals surface area contributed by atoms with Crippen LogP contribution in [0.1, 0.15) is 58.3 Å². The molecular weight excluding hydrogens is 198 g/mol. The van der Waals surface area contributed by atoms with E-state index in [2.05, 4.69) is 12.2 Å². The molecule has 94 valence electrons. The van der Waals surface area contributed by atoms with Gasteiger partial charge in [0.15, 0.2) is 0 Å². The van der Waals surface area contributed by atoms with Crippen molar-refractivity contribution >= 4 is 0 Å². The molecule has 0 aromatic carbocycles. The van der Waals surface area contributed by atoms with Crippen molar-refractivity contribution in [1.82, 2.24) is 5.32 Å². The minimum absolute atomic E-state index is 0.487. The van der Waals surface area contributed by atoms with Crippen LogP contribution in [0.3, 0.4) is 0 Å². The summed E-state index contributed by atoms with van der Waals surface area (Å²) in [5.41, 5.74) is 0. The molecule has 1 saturated heterocycles. The predicted molar refractivity (Wildman–Crippen MR) is 67.6 cm³/mol. The molecule has 1 N–H and O–H groups in total. The van der Waals surface area contributed by atoms with E-state index in [1.165, 1.54) is 57.9 Å². The zero-order valence-corrected chi connectivity index (χ0v) is 10.7. The highest BCUT2D eigenvalue weighted by Gasteiger charge is 2.21. The second-order valence-corrected chi connectivity index (χ2v) is 5.64. The highest BCUT2D eigenvalue weighted by molar-refractivity contribution is 4.73. The average molecular weight is 225 g/mol. The van der Waals surface area contributed by atoms with Crippen molar-refractivity contribution in [3.63, 3.8) is 0 Å². The van der Waals surface area contributed by atoms with Gasteiger partial charge in [0.05, 0.1) is 12.2 Å². The lowest BCUT2D eigenvalue weighted by Gasteiger charge is -2.21. The van der Waals surface area contributed by atoms with Crippen molar-refractivity contribution in [3.8, 4) is 0 Å². The molecule has 0 aromatic heterocycles. The summed E-state index contributed by atoms with van der Waals surface area (Å²) in [5, 5.41) is 3.57. The summed E-state index contributed by atoms with van der Waals surface area (Å²) < 4.78 is 5.79. The van der Waals surface area contributed by atoms with Gasteiger partial charge >= 0.3 is 0 Å². The van der Waals surface area contributed by atoms with E-state index in [1.807, 2.05) is 0 Å². The fourth-order valence-corrected chi connectivity index (χ4v) is 3.08. The molecule has 1 aliphatic carbocycles. The Bertz CT molecular complexity index is 182. The molecule has 1 aliphatic heterocycles. The van der Waals surface area contributed by atoms with Gasteiger partial charge in [-0.15, -0.1) is 0 Å². The summed E-state index contributed by atoms with van der Waals surface area (Å²) in [5.74, 6) is 1.00. The molecule has 2 aliphatic rings. The molecule has 0 aromatic rings. The Balaban J connectivity index is 1.48. The SMILES string of the molecule is CC1CCC(CNCCC2CCCCC2)O1. The quantitative estimate of drug-likeness (QED) is 0.726. The lowest BCUT2D eigenvalue weighted by atomic mass is 9.87. The van der Waals surface area contributed by atoms with Gasteiger partial charge < -0.3 is 10.1 Å². The fourth-order valence-electron chi connectivity index (χ4n) is 3.08. The van der Waals surface area contributed by atoms with Crippen molar-refractivity contribution in [1.29, 1.82) is 0 Å². The van der Waals surface area contributed by atoms with Crippen molar-refractivity contribution in [3.05, 3.63) is 0 Å². The smallest absolute Gasteiger partial charge is 0.0704 e. The lowest BCUT2D eigenvalue weighted by molar-refractivity contribution is 0.0559.